The Morgan fingerprint density at radius 1 is 1.22 bits per heavy atom. The zero-order valence-electron chi connectivity index (χ0n) is 16.3. The molecule has 27 heavy (non-hydrogen) atoms. The highest BCUT2D eigenvalue weighted by Gasteiger charge is 2.34. The van der Waals surface area contributed by atoms with Gasteiger partial charge in [0.05, 0.1) is 12.0 Å². The number of rotatable bonds is 9. The molecule has 0 saturated heterocycles. The molecular formula is C17H27N3O6S. The number of hydrogen-bond acceptors (Lipinski definition) is 6. The third-order valence-corrected chi connectivity index (χ3v) is 6.41. The average molecular weight is 401 g/mol. The maximum absolute atomic E-state index is 12.6. The Bertz CT molecular complexity index is 844. The first-order valence-corrected chi connectivity index (χ1v) is 10.1. The van der Waals surface area contributed by atoms with Gasteiger partial charge in [-0.2, -0.15) is 4.31 Å². The molecule has 152 valence electrons. The van der Waals surface area contributed by atoms with Crippen LogP contribution in [0.1, 0.15) is 34.1 Å². The molecule has 1 heterocycles. The van der Waals surface area contributed by atoms with Gasteiger partial charge in [-0.1, -0.05) is 20.8 Å². The first-order valence-electron chi connectivity index (χ1n) is 8.65. The van der Waals surface area contributed by atoms with Crippen LogP contribution in [0.15, 0.2) is 28.0 Å². The lowest BCUT2D eigenvalue weighted by atomic mass is 9.99. The van der Waals surface area contributed by atoms with Crippen molar-refractivity contribution in [1.82, 2.24) is 14.2 Å². The van der Waals surface area contributed by atoms with Gasteiger partial charge in [0.2, 0.25) is 15.9 Å². The quantitative estimate of drug-likeness (QED) is 0.597. The fraction of sp³-hybridized carbons (Fsp3) is 0.588. The summed E-state index contributed by atoms with van der Waals surface area (Å²) in [7, 11) is -2.55. The molecule has 1 unspecified atom stereocenters. The van der Waals surface area contributed by atoms with Crippen LogP contribution in [0.3, 0.4) is 0 Å². The van der Waals surface area contributed by atoms with Gasteiger partial charge in [0.1, 0.15) is 12.1 Å². The molecule has 1 N–H and O–H groups in total. The van der Waals surface area contributed by atoms with Crippen molar-refractivity contribution in [2.75, 3.05) is 20.2 Å². The second-order valence-corrected chi connectivity index (χ2v) is 8.08. The van der Waals surface area contributed by atoms with Crippen LogP contribution in [-0.4, -0.2) is 54.9 Å². The lowest BCUT2D eigenvalue weighted by Crippen LogP contribution is -2.53. The number of nitrogens with zero attached hydrogens (tertiary/aromatic N) is 2. The van der Waals surface area contributed by atoms with Gasteiger partial charge < -0.3 is 14.6 Å². The summed E-state index contributed by atoms with van der Waals surface area (Å²) in [6, 6.07) is 2.32. The number of methoxy groups -OCH3 is 1. The van der Waals surface area contributed by atoms with E-state index in [0.717, 1.165) is 16.8 Å². The van der Waals surface area contributed by atoms with Crippen molar-refractivity contribution < 1.29 is 22.7 Å². The van der Waals surface area contributed by atoms with Gasteiger partial charge in [0, 0.05) is 25.4 Å². The van der Waals surface area contributed by atoms with E-state index in [-0.39, 0.29) is 24.4 Å². The van der Waals surface area contributed by atoms with E-state index < -0.39 is 39.5 Å². The van der Waals surface area contributed by atoms with Gasteiger partial charge in [0.15, 0.2) is 0 Å². The zero-order valence-corrected chi connectivity index (χ0v) is 17.1. The largest absolute Gasteiger partial charge is 0.467 e. The monoisotopic (exact) mass is 401 g/mol. The summed E-state index contributed by atoms with van der Waals surface area (Å²) in [4.78, 5) is 36.2. The van der Waals surface area contributed by atoms with Crippen LogP contribution in [0.4, 0.5) is 0 Å². The fourth-order valence-electron chi connectivity index (χ4n) is 2.51. The fourth-order valence-corrected chi connectivity index (χ4v) is 3.99. The summed E-state index contributed by atoms with van der Waals surface area (Å²) < 4.78 is 32.1. The van der Waals surface area contributed by atoms with Gasteiger partial charge in [0.25, 0.3) is 5.56 Å². The third kappa shape index (κ3) is 5.16. The molecule has 10 heteroatoms. The maximum Gasteiger partial charge on any atom is 0.331 e. The van der Waals surface area contributed by atoms with Gasteiger partial charge in [-0.3, -0.25) is 9.59 Å². The molecule has 0 saturated carbocycles. The molecule has 0 spiro atoms. The van der Waals surface area contributed by atoms with E-state index >= 15 is 0 Å². The number of carbonyl (C=O) groups excluding carboxylic acids is 2. The number of hydrogen-bond donors (Lipinski definition) is 1. The van der Waals surface area contributed by atoms with E-state index in [1.54, 1.807) is 20.8 Å². The number of pyridine rings is 1. The normalized spacial score (nSPS) is 13.9. The molecule has 0 radical (unpaired) electrons. The first kappa shape index (κ1) is 22.8. The van der Waals surface area contributed by atoms with E-state index in [4.69, 9.17) is 0 Å². The topological polar surface area (TPSA) is 115 Å². The molecule has 9 nitrogen and oxygen atoms in total. The van der Waals surface area contributed by atoms with Crippen molar-refractivity contribution in [3.05, 3.63) is 28.7 Å². The number of ether oxygens (including phenoxy) is 1. The molecule has 1 aromatic rings. The first-order chi connectivity index (χ1) is 12.5. The third-order valence-electron chi connectivity index (χ3n) is 4.37. The summed E-state index contributed by atoms with van der Waals surface area (Å²) >= 11 is 0. The van der Waals surface area contributed by atoms with E-state index in [9.17, 15) is 22.8 Å². The SMILES string of the molecule is CCN(CC)S(=O)(=O)c1ccc(=O)n(CC(=O)NC(C)(CC)C(=O)OC)c1. The molecular weight excluding hydrogens is 374 g/mol. The summed E-state index contributed by atoms with van der Waals surface area (Å²) in [6.07, 6.45) is 1.42. The van der Waals surface area contributed by atoms with Crippen LogP contribution in [0, 0.1) is 0 Å². The van der Waals surface area contributed by atoms with Crippen molar-refractivity contribution in [2.24, 2.45) is 0 Å². The maximum atomic E-state index is 12.6. The Morgan fingerprint density at radius 3 is 2.30 bits per heavy atom. The highest BCUT2D eigenvalue weighted by Crippen LogP contribution is 2.14. The molecule has 1 rings (SSSR count). The van der Waals surface area contributed by atoms with E-state index in [1.807, 2.05) is 0 Å². The van der Waals surface area contributed by atoms with E-state index in [2.05, 4.69) is 10.1 Å². The predicted molar refractivity (Wildman–Crippen MR) is 99.7 cm³/mol. The Morgan fingerprint density at radius 2 is 1.81 bits per heavy atom. The van der Waals surface area contributed by atoms with Crippen LogP contribution >= 0.6 is 0 Å². The van der Waals surface area contributed by atoms with Crippen molar-refractivity contribution in [2.45, 2.75) is 51.1 Å². The van der Waals surface area contributed by atoms with Crippen molar-refractivity contribution in [3.8, 4) is 0 Å². The molecule has 1 aromatic heterocycles. The highest BCUT2D eigenvalue weighted by atomic mass is 32.2. The lowest BCUT2D eigenvalue weighted by Gasteiger charge is -2.26. The van der Waals surface area contributed by atoms with Gasteiger partial charge in [-0.05, 0) is 19.4 Å². The summed E-state index contributed by atoms with van der Waals surface area (Å²) in [6.45, 7) is 6.79. The summed E-state index contributed by atoms with van der Waals surface area (Å²) in [5.74, 6) is -1.22. The zero-order chi connectivity index (χ0) is 20.8. The predicted octanol–water partition coefficient (Wildman–Crippen LogP) is 0.337. The molecule has 0 bridgehead atoms. The Labute approximate surface area is 159 Å². The van der Waals surface area contributed by atoms with Crippen LogP contribution in [0.2, 0.25) is 0 Å². The van der Waals surface area contributed by atoms with Gasteiger partial charge in [-0.15, -0.1) is 0 Å². The number of nitrogens with one attached hydrogen (secondary N) is 1. The molecule has 1 amide bonds. The van der Waals surface area contributed by atoms with Crippen LogP contribution in [0.25, 0.3) is 0 Å². The van der Waals surface area contributed by atoms with Gasteiger partial charge in [-0.25, -0.2) is 13.2 Å². The number of amides is 1. The smallest absolute Gasteiger partial charge is 0.331 e. The second-order valence-electron chi connectivity index (χ2n) is 6.15. The number of sulfonamides is 1. The average Bonchev–Trinajstić information content (AvgIpc) is 2.63. The Kier molecular flexibility index (Phi) is 7.73. The molecule has 0 aliphatic heterocycles. The van der Waals surface area contributed by atoms with Crippen LogP contribution < -0.4 is 10.9 Å². The van der Waals surface area contributed by atoms with Gasteiger partial charge >= 0.3 is 5.97 Å². The molecule has 1 atom stereocenters. The number of esters is 1. The molecule has 0 aliphatic rings. The number of aromatic nitrogens is 1. The van der Waals surface area contributed by atoms with E-state index in [1.165, 1.54) is 24.4 Å². The minimum Gasteiger partial charge on any atom is -0.467 e. The van der Waals surface area contributed by atoms with Crippen molar-refractivity contribution in [1.29, 1.82) is 0 Å². The minimum absolute atomic E-state index is 0.0789. The Balaban J connectivity index is 3.14. The Hall–Kier alpha value is -2.20. The van der Waals surface area contributed by atoms with Crippen molar-refractivity contribution in [3.63, 3.8) is 0 Å². The second kappa shape index (κ2) is 9.14. The number of carbonyl (C=O) groups is 2. The van der Waals surface area contributed by atoms with E-state index in [0.29, 0.717) is 0 Å². The van der Waals surface area contributed by atoms with Crippen LogP contribution in [0.5, 0.6) is 0 Å². The minimum atomic E-state index is -3.77. The highest BCUT2D eigenvalue weighted by molar-refractivity contribution is 7.89. The summed E-state index contributed by atoms with van der Waals surface area (Å²) in [5.41, 5.74) is -1.76. The standard InChI is InChI=1S/C17H27N3O6S/c1-6-17(4,16(23)26-5)18-14(21)12-19-11-13(9-10-15(19)22)27(24,25)20(7-2)8-3/h9-11H,6-8,12H2,1-5H3,(H,18,21). The summed E-state index contributed by atoms with van der Waals surface area (Å²) in [5, 5.41) is 2.54. The molecule has 0 aromatic carbocycles. The lowest BCUT2D eigenvalue weighted by molar-refractivity contribution is -0.150. The molecule has 0 fully saturated rings. The van der Waals surface area contributed by atoms with Crippen LogP contribution in [-0.2, 0) is 30.9 Å². The molecule has 0 aliphatic carbocycles. The van der Waals surface area contributed by atoms with Crippen molar-refractivity contribution >= 4 is 21.9 Å².